The molecule has 1 aromatic heterocycles. The van der Waals surface area contributed by atoms with Crippen LogP contribution in [0.3, 0.4) is 0 Å². The number of carbonyl (C=O) groups is 2. The number of aryl methyl sites for hydroxylation is 1. The van der Waals surface area contributed by atoms with Crippen LogP contribution in [0.5, 0.6) is 0 Å². The second-order valence-corrected chi connectivity index (χ2v) is 6.87. The van der Waals surface area contributed by atoms with Crippen LogP contribution in [0.1, 0.15) is 23.7 Å². The lowest BCUT2D eigenvalue weighted by molar-refractivity contribution is -0.117. The SMILES string of the molecule is CCOC(=O)N1CCc2nn(CC(=O)Nc3c(C)cccc3Cl)c(=O)cc2C1. The molecule has 2 aromatic rings. The van der Waals surface area contributed by atoms with Gasteiger partial charge in [-0.05, 0) is 25.5 Å². The molecular formula is C19H21ClN4O4. The highest BCUT2D eigenvalue weighted by Gasteiger charge is 2.24. The molecule has 0 fully saturated rings. The summed E-state index contributed by atoms with van der Waals surface area (Å²) in [5.74, 6) is -0.394. The third-order valence-electron chi connectivity index (χ3n) is 4.45. The number of carbonyl (C=O) groups excluding carboxylic acids is 2. The summed E-state index contributed by atoms with van der Waals surface area (Å²) in [5.41, 5.74) is 2.30. The van der Waals surface area contributed by atoms with Crippen LogP contribution in [0.2, 0.25) is 5.02 Å². The summed E-state index contributed by atoms with van der Waals surface area (Å²) in [6, 6.07) is 6.73. The smallest absolute Gasteiger partial charge is 0.410 e. The highest BCUT2D eigenvalue weighted by molar-refractivity contribution is 6.33. The lowest BCUT2D eigenvalue weighted by atomic mass is 10.1. The van der Waals surface area contributed by atoms with E-state index in [-0.39, 0.29) is 13.1 Å². The molecule has 8 nitrogen and oxygen atoms in total. The fraction of sp³-hybridized carbons (Fsp3) is 0.368. The van der Waals surface area contributed by atoms with Crippen molar-refractivity contribution in [1.82, 2.24) is 14.7 Å². The van der Waals surface area contributed by atoms with E-state index in [9.17, 15) is 14.4 Å². The first-order valence-electron chi connectivity index (χ1n) is 8.95. The predicted octanol–water partition coefficient (Wildman–Crippen LogP) is 2.36. The van der Waals surface area contributed by atoms with Crippen molar-refractivity contribution in [2.45, 2.75) is 33.4 Å². The first kappa shape index (κ1) is 19.9. The zero-order chi connectivity index (χ0) is 20.3. The summed E-state index contributed by atoms with van der Waals surface area (Å²) in [7, 11) is 0. The summed E-state index contributed by atoms with van der Waals surface area (Å²) < 4.78 is 6.12. The van der Waals surface area contributed by atoms with Crippen LogP contribution in [0.25, 0.3) is 0 Å². The van der Waals surface area contributed by atoms with E-state index in [0.717, 1.165) is 10.2 Å². The Morgan fingerprint density at radius 2 is 2.14 bits per heavy atom. The largest absolute Gasteiger partial charge is 0.450 e. The van der Waals surface area contributed by atoms with Crippen molar-refractivity contribution in [2.24, 2.45) is 0 Å². The molecule has 1 N–H and O–H groups in total. The number of rotatable bonds is 4. The van der Waals surface area contributed by atoms with Gasteiger partial charge in [0.05, 0.1) is 29.6 Å². The molecule has 1 aromatic carbocycles. The molecule has 2 heterocycles. The third kappa shape index (κ3) is 4.33. The van der Waals surface area contributed by atoms with Crippen molar-refractivity contribution >= 4 is 29.3 Å². The van der Waals surface area contributed by atoms with Crippen molar-refractivity contribution in [1.29, 1.82) is 0 Å². The normalized spacial score (nSPS) is 13.0. The van der Waals surface area contributed by atoms with Gasteiger partial charge in [-0.25, -0.2) is 9.48 Å². The van der Waals surface area contributed by atoms with Gasteiger partial charge in [0.2, 0.25) is 5.91 Å². The van der Waals surface area contributed by atoms with Gasteiger partial charge in [0.15, 0.2) is 0 Å². The highest BCUT2D eigenvalue weighted by Crippen LogP contribution is 2.25. The van der Waals surface area contributed by atoms with Crippen molar-refractivity contribution in [2.75, 3.05) is 18.5 Å². The van der Waals surface area contributed by atoms with Crippen molar-refractivity contribution in [3.63, 3.8) is 0 Å². The number of hydrogen-bond donors (Lipinski definition) is 1. The summed E-state index contributed by atoms with van der Waals surface area (Å²) >= 11 is 6.12. The summed E-state index contributed by atoms with van der Waals surface area (Å²) in [6.07, 6.45) is 0.0754. The first-order chi connectivity index (χ1) is 13.4. The molecule has 148 valence electrons. The number of fused-ring (bicyclic) bond motifs is 1. The zero-order valence-electron chi connectivity index (χ0n) is 15.7. The molecule has 1 aliphatic rings. The minimum Gasteiger partial charge on any atom is -0.450 e. The number of aromatic nitrogens is 2. The zero-order valence-corrected chi connectivity index (χ0v) is 16.5. The standard InChI is InChI=1S/C19H21ClN4O4/c1-3-28-19(27)23-8-7-15-13(10-23)9-17(26)24(22-15)11-16(25)21-18-12(2)5-4-6-14(18)20/h4-6,9H,3,7-8,10-11H2,1-2H3,(H,21,25). The number of nitrogens with zero attached hydrogens (tertiary/aromatic N) is 3. The van der Waals surface area contributed by atoms with E-state index in [1.54, 1.807) is 19.1 Å². The van der Waals surface area contributed by atoms with Gasteiger partial charge in [-0.3, -0.25) is 9.59 Å². The van der Waals surface area contributed by atoms with Gasteiger partial charge in [0.25, 0.3) is 5.56 Å². The maximum Gasteiger partial charge on any atom is 0.410 e. The molecule has 0 unspecified atom stereocenters. The first-order valence-corrected chi connectivity index (χ1v) is 9.33. The Labute approximate surface area is 167 Å². The Bertz CT molecular complexity index is 953. The fourth-order valence-electron chi connectivity index (χ4n) is 3.03. The summed E-state index contributed by atoms with van der Waals surface area (Å²) in [6.45, 7) is 4.36. The average Bonchev–Trinajstić information content (AvgIpc) is 2.65. The lowest BCUT2D eigenvalue weighted by Crippen LogP contribution is -2.39. The molecular weight excluding hydrogens is 384 g/mol. The van der Waals surface area contributed by atoms with Crippen LogP contribution in [0, 0.1) is 6.92 Å². The molecule has 28 heavy (non-hydrogen) atoms. The second-order valence-electron chi connectivity index (χ2n) is 6.46. The van der Waals surface area contributed by atoms with Gasteiger partial charge in [-0.2, -0.15) is 5.10 Å². The second kappa shape index (κ2) is 8.43. The van der Waals surface area contributed by atoms with E-state index in [0.29, 0.717) is 41.5 Å². The minimum absolute atomic E-state index is 0.224. The van der Waals surface area contributed by atoms with Crippen LogP contribution in [0.15, 0.2) is 29.1 Å². The third-order valence-corrected chi connectivity index (χ3v) is 4.76. The van der Waals surface area contributed by atoms with Crippen LogP contribution in [-0.2, 0) is 29.0 Å². The van der Waals surface area contributed by atoms with E-state index >= 15 is 0 Å². The maximum atomic E-state index is 12.4. The van der Waals surface area contributed by atoms with Crippen molar-refractivity contribution in [3.8, 4) is 0 Å². The van der Waals surface area contributed by atoms with Crippen LogP contribution in [-0.4, -0.2) is 39.8 Å². The molecule has 0 atom stereocenters. The van der Waals surface area contributed by atoms with E-state index in [1.807, 2.05) is 13.0 Å². The molecule has 9 heteroatoms. The van der Waals surface area contributed by atoms with Gasteiger partial charge in [0, 0.05) is 24.6 Å². The molecule has 3 rings (SSSR count). The Kier molecular flexibility index (Phi) is 5.99. The number of benzene rings is 1. The van der Waals surface area contributed by atoms with E-state index < -0.39 is 17.6 Å². The van der Waals surface area contributed by atoms with Gasteiger partial charge in [0.1, 0.15) is 6.54 Å². The number of ether oxygens (including phenoxy) is 1. The van der Waals surface area contributed by atoms with Gasteiger partial charge in [-0.15, -0.1) is 0 Å². The Morgan fingerprint density at radius 1 is 1.36 bits per heavy atom. The number of anilines is 1. The monoisotopic (exact) mass is 404 g/mol. The highest BCUT2D eigenvalue weighted by atomic mass is 35.5. The van der Waals surface area contributed by atoms with E-state index in [4.69, 9.17) is 16.3 Å². The molecule has 1 aliphatic heterocycles. The van der Waals surface area contributed by atoms with Gasteiger partial charge in [-0.1, -0.05) is 23.7 Å². The average molecular weight is 405 g/mol. The Balaban J connectivity index is 1.74. The van der Waals surface area contributed by atoms with Crippen molar-refractivity contribution < 1.29 is 14.3 Å². The van der Waals surface area contributed by atoms with Crippen molar-refractivity contribution in [3.05, 3.63) is 56.5 Å². The number of amides is 2. The Morgan fingerprint density at radius 3 is 2.86 bits per heavy atom. The molecule has 0 saturated heterocycles. The van der Waals surface area contributed by atoms with Crippen LogP contribution < -0.4 is 10.9 Å². The topological polar surface area (TPSA) is 93.5 Å². The minimum atomic E-state index is -0.410. The number of nitrogens with one attached hydrogen (secondary N) is 1. The number of halogens is 1. The molecule has 0 saturated carbocycles. The maximum absolute atomic E-state index is 12.4. The predicted molar refractivity (Wildman–Crippen MR) is 104 cm³/mol. The molecule has 0 radical (unpaired) electrons. The molecule has 0 bridgehead atoms. The van der Waals surface area contributed by atoms with Crippen LogP contribution >= 0.6 is 11.6 Å². The quantitative estimate of drug-likeness (QED) is 0.844. The lowest BCUT2D eigenvalue weighted by Gasteiger charge is -2.27. The molecule has 0 aliphatic carbocycles. The number of hydrogen-bond acceptors (Lipinski definition) is 5. The fourth-order valence-corrected chi connectivity index (χ4v) is 3.30. The summed E-state index contributed by atoms with van der Waals surface area (Å²) in [4.78, 5) is 38.2. The van der Waals surface area contributed by atoms with Crippen LogP contribution in [0.4, 0.5) is 10.5 Å². The van der Waals surface area contributed by atoms with E-state index in [1.165, 1.54) is 11.0 Å². The molecule has 0 spiro atoms. The van der Waals surface area contributed by atoms with E-state index in [2.05, 4.69) is 10.4 Å². The number of para-hydroxylation sites is 1. The van der Waals surface area contributed by atoms with Gasteiger partial charge >= 0.3 is 6.09 Å². The molecule has 2 amide bonds. The van der Waals surface area contributed by atoms with Gasteiger partial charge < -0.3 is 15.0 Å². The summed E-state index contributed by atoms with van der Waals surface area (Å²) in [5, 5.41) is 7.47. The Hall–Kier alpha value is -2.87.